The molecule has 2 aromatic rings. The van der Waals surface area contributed by atoms with Gasteiger partial charge >= 0.3 is 0 Å². The van der Waals surface area contributed by atoms with Crippen LogP contribution in [0.15, 0.2) is 48.5 Å². The molecular weight excluding hydrogens is 293 g/mol. The first-order valence-electron chi connectivity index (χ1n) is 6.04. The lowest BCUT2D eigenvalue weighted by molar-refractivity contribution is 0.0979. The normalized spacial score (nSPS) is 11.7. The van der Waals surface area contributed by atoms with Crippen LogP contribution in [-0.2, 0) is 0 Å². The molecule has 2 nitrogen and oxygen atoms in total. The Morgan fingerprint density at radius 2 is 1.80 bits per heavy atom. The third kappa shape index (κ3) is 3.60. The zero-order chi connectivity index (χ0) is 14.5. The third-order valence-electron chi connectivity index (χ3n) is 2.96. The molecule has 4 heteroatoms. The van der Waals surface area contributed by atoms with Crippen LogP contribution < -0.4 is 0 Å². The maximum absolute atomic E-state index is 12.2. The van der Waals surface area contributed by atoms with E-state index in [0.717, 1.165) is 5.56 Å². The van der Waals surface area contributed by atoms with Gasteiger partial charge in [-0.1, -0.05) is 35.3 Å². The van der Waals surface area contributed by atoms with Crippen LogP contribution in [-0.4, -0.2) is 5.78 Å². The first-order chi connectivity index (χ1) is 9.60. The molecular formula is C16H11Cl2NO. The number of nitriles is 1. The summed E-state index contributed by atoms with van der Waals surface area (Å²) in [5, 5.41) is 10.4. The molecule has 0 aromatic heterocycles. The van der Waals surface area contributed by atoms with E-state index in [1.165, 1.54) is 0 Å². The van der Waals surface area contributed by atoms with Crippen LogP contribution >= 0.6 is 23.2 Å². The predicted octanol–water partition coefficient (Wildman–Crippen LogP) is 4.87. The number of ketones is 1. The van der Waals surface area contributed by atoms with Crippen molar-refractivity contribution in [3.63, 3.8) is 0 Å². The summed E-state index contributed by atoms with van der Waals surface area (Å²) in [6.45, 7) is 0. The highest BCUT2D eigenvalue weighted by Gasteiger charge is 2.17. The standard InChI is InChI=1S/C16H11Cl2NO/c17-14-6-4-11(5-7-14)16(20)9-13(10-19)12-2-1-3-15(18)8-12/h1-8,13H,9H2/t13-/m0/s1. The number of carbonyl (C=O) groups is 1. The molecule has 0 radical (unpaired) electrons. The van der Waals surface area contributed by atoms with Crippen molar-refractivity contribution in [1.82, 2.24) is 0 Å². The van der Waals surface area contributed by atoms with E-state index in [4.69, 9.17) is 23.2 Å². The summed E-state index contributed by atoms with van der Waals surface area (Å²) in [5.41, 5.74) is 1.30. The van der Waals surface area contributed by atoms with Gasteiger partial charge < -0.3 is 0 Å². The van der Waals surface area contributed by atoms with Crippen LogP contribution in [0.4, 0.5) is 0 Å². The molecule has 0 unspecified atom stereocenters. The highest BCUT2D eigenvalue weighted by molar-refractivity contribution is 6.31. The highest BCUT2D eigenvalue weighted by Crippen LogP contribution is 2.24. The second kappa shape index (κ2) is 6.56. The highest BCUT2D eigenvalue weighted by atomic mass is 35.5. The summed E-state index contributed by atoms with van der Waals surface area (Å²) in [4.78, 5) is 12.2. The molecule has 0 N–H and O–H groups in total. The fraction of sp³-hybridized carbons (Fsp3) is 0.125. The Labute approximate surface area is 127 Å². The quantitative estimate of drug-likeness (QED) is 0.756. The monoisotopic (exact) mass is 303 g/mol. The summed E-state index contributed by atoms with van der Waals surface area (Å²) in [7, 11) is 0. The molecule has 0 amide bonds. The SMILES string of the molecule is N#C[C@H](CC(=O)c1ccc(Cl)cc1)c1cccc(Cl)c1. The van der Waals surface area contributed by atoms with E-state index in [2.05, 4.69) is 6.07 Å². The molecule has 20 heavy (non-hydrogen) atoms. The Hall–Kier alpha value is -1.82. The Morgan fingerprint density at radius 3 is 2.40 bits per heavy atom. The van der Waals surface area contributed by atoms with Crippen LogP contribution in [0.1, 0.15) is 28.3 Å². The number of carbonyl (C=O) groups excluding carboxylic acids is 1. The molecule has 1 atom stereocenters. The van der Waals surface area contributed by atoms with E-state index in [1.54, 1.807) is 48.5 Å². The lowest BCUT2D eigenvalue weighted by atomic mass is 9.93. The number of benzene rings is 2. The van der Waals surface area contributed by atoms with Crippen molar-refractivity contribution in [3.8, 4) is 6.07 Å². The zero-order valence-electron chi connectivity index (χ0n) is 10.5. The van der Waals surface area contributed by atoms with Gasteiger partial charge in [0.1, 0.15) is 0 Å². The number of halogens is 2. The van der Waals surface area contributed by atoms with E-state index in [1.807, 2.05) is 0 Å². The summed E-state index contributed by atoms with van der Waals surface area (Å²) >= 11 is 11.7. The van der Waals surface area contributed by atoms with Gasteiger partial charge in [-0.3, -0.25) is 4.79 Å². The summed E-state index contributed by atoms with van der Waals surface area (Å²) in [5.74, 6) is -0.593. The predicted molar refractivity (Wildman–Crippen MR) is 80.2 cm³/mol. The summed E-state index contributed by atoms with van der Waals surface area (Å²) in [6, 6.07) is 15.8. The molecule has 2 aromatic carbocycles. The number of Topliss-reactive ketones (excluding diaryl/α,β-unsaturated/α-hetero) is 1. The number of nitrogens with zero attached hydrogens (tertiary/aromatic N) is 1. The van der Waals surface area contributed by atoms with Gasteiger partial charge in [-0.2, -0.15) is 5.26 Å². The Bertz CT molecular complexity index is 659. The Morgan fingerprint density at radius 1 is 1.10 bits per heavy atom. The molecule has 0 aliphatic heterocycles. The third-order valence-corrected chi connectivity index (χ3v) is 3.45. The van der Waals surface area contributed by atoms with Crippen molar-refractivity contribution in [2.45, 2.75) is 12.3 Å². The maximum Gasteiger partial charge on any atom is 0.164 e. The van der Waals surface area contributed by atoms with E-state index in [9.17, 15) is 10.1 Å². The van der Waals surface area contributed by atoms with Crippen LogP contribution in [0.25, 0.3) is 0 Å². The van der Waals surface area contributed by atoms with Gasteiger partial charge in [0.2, 0.25) is 0 Å². The van der Waals surface area contributed by atoms with E-state index >= 15 is 0 Å². The lowest BCUT2D eigenvalue weighted by Crippen LogP contribution is -2.06. The van der Waals surface area contributed by atoms with Gasteiger partial charge in [0, 0.05) is 22.0 Å². The first kappa shape index (κ1) is 14.6. The van der Waals surface area contributed by atoms with Crippen molar-refractivity contribution in [2.24, 2.45) is 0 Å². The molecule has 0 aliphatic rings. The largest absolute Gasteiger partial charge is 0.294 e. The van der Waals surface area contributed by atoms with E-state index in [0.29, 0.717) is 15.6 Å². The topological polar surface area (TPSA) is 40.9 Å². The second-order valence-electron chi connectivity index (χ2n) is 4.37. The molecule has 0 bridgehead atoms. The van der Waals surface area contributed by atoms with Gasteiger partial charge in [-0.25, -0.2) is 0 Å². The van der Waals surface area contributed by atoms with Crippen LogP contribution in [0.5, 0.6) is 0 Å². The minimum absolute atomic E-state index is 0.0896. The molecule has 2 rings (SSSR count). The molecule has 0 saturated heterocycles. The Kier molecular flexibility index (Phi) is 4.79. The minimum Gasteiger partial charge on any atom is -0.294 e. The smallest absolute Gasteiger partial charge is 0.164 e. The fourth-order valence-corrected chi connectivity index (χ4v) is 2.23. The van der Waals surface area contributed by atoms with Gasteiger partial charge in [-0.05, 0) is 42.0 Å². The van der Waals surface area contributed by atoms with E-state index in [-0.39, 0.29) is 12.2 Å². The van der Waals surface area contributed by atoms with Gasteiger partial charge in [0.25, 0.3) is 0 Å². The van der Waals surface area contributed by atoms with E-state index < -0.39 is 5.92 Å². The fourth-order valence-electron chi connectivity index (χ4n) is 1.90. The molecule has 0 spiro atoms. The lowest BCUT2D eigenvalue weighted by Gasteiger charge is -2.09. The number of hydrogen-bond donors (Lipinski definition) is 0. The minimum atomic E-state index is -0.503. The molecule has 100 valence electrons. The van der Waals surface area contributed by atoms with Crippen molar-refractivity contribution in [2.75, 3.05) is 0 Å². The van der Waals surface area contributed by atoms with Crippen LogP contribution in [0, 0.1) is 11.3 Å². The van der Waals surface area contributed by atoms with Crippen LogP contribution in [0.2, 0.25) is 10.0 Å². The maximum atomic E-state index is 12.2. The number of hydrogen-bond acceptors (Lipinski definition) is 2. The average molecular weight is 304 g/mol. The van der Waals surface area contributed by atoms with Crippen molar-refractivity contribution in [3.05, 3.63) is 69.7 Å². The molecule has 0 aliphatic carbocycles. The first-order valence-corrected chi connectivity index (χ1v) is 6.79. The van der Waals surface area contributed by atoms with Gasteiger partial charge in [-0.15, -0.1) is 0 Å². The number of rotatable bonds is 4. The summed E-state index contributed by atoms with van der Waals surface area (Å²) < 4.78 is 0. The van der Waals surface area contributed by atoms with Gasteiger partial charge in [0.05, 0.1) is 12.0 Å². The molecule has 0 fully saturated rings. The Balaban J connectivity index is 2.17. The van der Waals surface area contributed by atoms with Crippen molar-refractivity contribution >= 4 is 29.0 Å². The van der Waals surface area contributed by atoms with Crippen LogP contribution in [0.3, 0.4) is 0 Å². The van der Waals surface area contributed by atoms with Crippen molar-refractivity contribution in [1.29, 1.82) is 5.26 Å². The summed E-state index contributed by atoms with van der Waals surface area (Å²) in [6.07, 6.45) is 0.123. The average Bonchev–Trinajstić information content (AvgIpc) is 2.45. The zero-order valence-corrected chi connectivity index (χ0v) is 12.0. The second-order valence-corrected chi connectivity index (χ2v) is 5.24. The van der Waals surface area contributed by atoms with Gasteiger partial charge in [0.15, 0.2) is 5.78 Å². The molecule has 0 heterocycles. The van der Waals surface area contributed by atoms with Crippen molar-refractivity contribution < 1.29 is 4.79 Å². The molecule has 0 saturated carbocycles.